The lowest BCUT2D eigenvalue weighted by molar-refractivity contribution is -0.132. The Hall–Kier alpha value is -5.12. The molecule has 1 aromatic heterocycles. The highest BCUT2D eigenvalue weighted by molar-refractivity contribution is 5.96. The Morgan fingerprint density at radius 1 is 0.857 bits per heavy atom. The van der Waals surface area contributed by atoms with Gasteiger partial charge in [-0.15, -0.1) is 10.2 Å². The van der Waals surface area contributed by atoms with Crippen molar-refractivity contribution >= 4 is 17.6 Å². The zero-order valence-corrected chi connectivity index (χ0v) is 23.3. The molecule has 42 heavy (non-hydrogen) atoms. The minimum absolute atomic E-state index is 0.0292. The van der Waals surface area contributed by atoms with Crippen LogP contribution in [0.4, 0.5) is 5.82 Å². The Kier molecular flexibility index (Phi) is 7.85. The van der Waals surface area contributed by atoms with Crippen molar-refractivity contribution in [1.29, 1.82) is 0 Å². The number of ether oxygens (including phenoxy) is 3. The van der Waals surface area contributed by atoms with Crippen molar-refractivity contribution in [2.45, 2.75) is 6.54 Å². The molecule has 2 amide bonds. The van der Waals surface area contributed by atoms with Crippen LogP contribution in [0.3, 0.4) is 0 Å². The first kappa shape index (κ1) is 27.1. The van der Waals surface area contributed by atoms with Crippen LogP contribution in [0, 0.1) is 0 Å². The molecule has 10 heteroatoms. The van der Waals surface area contributed by atoms with Crippen LogP contribution in [0.25, 0.3) is 11.3 Å². The molecule has 0 unspecified atom stereocenters. The molecule has 214 valence electrons. The van der Waals surface area contributed by atoms with Gasteiger partial charge in [-0.05, 0) is 66.2 Å². The van der Waals surface area contributed by atoms with Crippen molar-refractivity contribution in [2.75, 3.05) is 51.5 Å². The summed E-state index contributed by atoms with van der Waals surface area (Å²) in [4.78, 5) is 32.4. The maximum Gasteiger partial charge on any atom is 0.254 e. The number of carbonyl (C=O) groups excluding carboxylic acids is 2. The van der Waals surface area contributed by atoms with Crippen molar-refractivity contribution in [1.82, 2.24) is 20.0 Å². The second kappa shape index (κ2) is 12.2. The van der Waals surface area contributed by atoms with E-state index < -0.39 is 0 Å². The zero-order valence-electron chi connectivity index (χ0n) is 23.3. The molecule has 3 heterocycles. The first-order chi connectivity index (χ1) is 20.6. The van der Waals surface area contributed by atoms with Crippen molar-refractivity contribution < 1.29 is 23.8 Å². The van der Waals surface area contributed by atoms with Crippen LogP contribution >= 0.6 is 0 Å². The first-order valence-electron chi connectivity index (χ1n) is 13.8. The molecule has 3 aromatic carbocycles. The first-order valence-corrected chi connectivity index (χ1v) is 13.8. The Morgan fingerprint density at radius 2 is 1.62 bits per heavy atom. The smallest absolute Gasteiger partial charge is 0.254 e. The summed E-state index contributed by atoms with van der Waals surface area (Å²) in [5.41, 5.74) is 3.13. The molecule has 0 atom stereocenters. The normalized spacial score (nSPS) is 14.0. The zero-order chi connectivity index (χ0) is 28.9. The van der Waals surface area contributed by atoms with E-state index in [1.54, 1.807) is 29.0 Å². The number of nitrogens with zero attached hydrogens (tertiary/aromatic N) is 5. The highest BCUT2D eigenvalue weighted by Crippen LogP contribution is 2.33. The number of fused-ring (bicyclic) bond motifs is 1. The topological polar surface area (TPSA) is 97.3 Å². The lowest BCUT2D eigenvalue weighted by atomic mass is 10.1. The van der Waals surface area contributed by atoms with Gasteiger partial charge in [0.15, 0.2) is 17.3 Å². The summed E-state index contributed by atoms with van der Waals surface area (Å²) >= 11 is 0. The van der Waals surface area contributed by atoms with Gasteiger partial charge in [0.25, 0.3) is 5.91 Å². The monoisotopic (exact) mass is 565 g/mol. The number of hydrogen-bond donors (Lipinski definition) is 0. The van der Waals surface area contributed by atoms with E-state index in [0.717, 1.165) is 28.4 Å². The van der Waals surface area contributed by atoms with Crippen LogP contribution in [-0.4, -0.2) is 78.4 Å². The molecule has 1 saturated heterocycles. The lowest BCUT2D eigenvalue weighted by Gasteiger charge is -2.36. The van der Waals surface area contributed by atoms with Crippen LogP contribution in [0.2, 0.25) is 0 Å². The average molecular weight is 566 g/mol. The Bertz CT molecular complexity index is 1540. The summed E-state index contributed by atoms with van der Waals surface area (Å²) < 4.78 is 16.1. The summed E-state index contributed by atoms with van der Waals surface area (Å²) in [5.74, 6) is 2.57. The highest BCUT2D eigenvalue weighted by atomic mass is 16.7. The molecule has 2 aliphatic heterocycles. The fraction of sp³-hybridized carbons (Fsp3) is 0.250. The van der Waals surface area contributed by atoms with E-state index in [2.05, 4.69) is 15.1 Å². The average Bonchev–Trinajstić information content (AvgIpc) is 3.53. The SMILES string of the molecule is COc1ccc(-c2ccc(N3CCN(C(=O)CN(Cc4ccc5c(c4)OCO5)C(=O)c4ccccc4)CC3)nn2)cc1. The van der Waals surface area contributed by atoms with Gasteiger partial charge in [-0.25, -0.2) is 0 Å². The summed E-state index contributed by atoms with van der Waals surface area (Å²) in [6.07, 6.45) is 0. The van der Waals surface area contributed by atoms with E-state index in [-0.39, 0.29) is 31.7 Å². The van der Waals surface area contributed by atoms with Gasteiger partial charge < -0.3 is 28.9 Å². The third kappa shape index (κ3) is 5.97. The summed E-state index contributed by atoms with van der Waals surface area (Å²) in [6.45, 7) is 2.71. The van der Waals surface area contributed by atoms with Gasteiger partial charge in [-0.2, -0.15) is 0 Å². The second-order valence-corrected chi connectivity index (χ2v) is 10.1. The fourth-order valence-corrected chi connectivity index (χ4v) is 5.08. The molecule has 0 aliphatic carbocycles. The van der Waals surface area contributed by atoms with Crippen molar-refractivity contribution in [3.63, 3.8) is 0 Å². The number of amides is 2. The minimum atomic E-state index is -0.201. The van der Waals surface area contributed by atoms with E-state index >= 15 is 0 Å². The number of piperazine rings is 1. The van der Waals surface area contributed by atoms with E-state index in [9.17, 15) is 9.59 Å². The molecule has 1 fully saturated rings. The predicted octanol–water partition coefficient (Wildman–Crippen LogP) is 3.87. The molecular weight excluding hydrogens is 534 g/mol. The minimum Gasteiger partial charge on any atom is -0.497 e. The van der Waals surface area contributed by atoms with Gasteiger partial charge in [0, 0.05) is 43.9 Å². The van der Waals surface area contributed by atoms with Gasteiger partial charge in [0.05, 0.1) is 12.8 Å². The Labute approximate surface area is 244 Å². The van der Waals surface area contributed by atoms with Gasteiger partial charge in [0.1, 0.15) is 12.3 Å². The number of aromatic nitrogens is 2. The maximum atomic E-state index is 13.5. The van der Waals surface area contributed by atoms with Crippen LogP contribution in [-0.2, 0) is 11.3 Å². The molecule has 0 saturated carbocycles. The van der Waals surface area contributed by atoms with Crippen molar-refractivity contribution in [3.8, 4) is 28.5 Å². The van der Waals surface area contributed by atoms with Crippen LogP contribution < -0.4 is 19.1 Å². The molecule has 4 aromatic rings. The van der Waals surface area contributed by atoms with Gasteiger partial charge in [-0.3, -0.25) is 9.59 Å². The molecule has 0 radical (unpaired) electrons. The van der Waals surface area contributed by atoms with Crippen molar-refractivity contribution in [3.05, 3.63) is 96.1 Å². The number of methoxy groups -OCH3 is 1. The van der Waals surface area contributed by atoms with E-state index in [1.165, 1.54) is 0 Å². The third-order valence-corrected chi connectivity index (χ3v) is 7.44. The Balaban J connectivity index is 1.09. The van der Waals surface area contributed by atoms with Crippen molar-refractivity contribution in [2.24, 2.45) is 0 Å². The standard InChI is InChI=1S/C32H31N5O5/c1-40-26-10-8-24(9-11-26)27-12-14-30(34-33-27)35-15-17-36(18-16-35)31(38)21-37(32(39)25-5-3-2-4-6-25)20-23-7-13-28-29(19-23)42-22-41-28/h2-14,19H,15-18,20-22H2,1H3. The molecule has 0 spiro atoms. The largest absolute Gasteiger partial charge is 0.497 e. The molecule has 0 N–H and O–H groups in total. The number of carbonyl (C=O) groups is 2. The van der Waals surface area contributed by atoms with Crippen LogP contribution in [0.1, 0.15) is 15.9 Å². The number of anilines is 1. The van der Waals surface area contributed by atoms with E-state index in [4.69, 9.17) is 14.2 Å². The van der Waals surface area contributed by atoms with E-state index in [0.29, 0.717) is 43.2 Å². The third-order valence-electron chi connectivity index (χ3n) is 7.44. The molecule has 2 aliphatic rings. The number of rotatable bonds is 8. The Morgan fingerprint density at radius 3 is 2.33 bits per heavy atom. The maximum absolute atomic E-state index is 13.5. The van der Waals surface area contributed by atoms with Gasteiger partial charge in [-0.1, -0.05) is 24.3 Å². The summed E-state index contributed by atoms with van der Waals surface area (Å²) in [5, 5.41) is 8.85. The fourth-order valence-electron chi connectivity index (χ4n) is 5.08. The van der Waals surface area contributed by atoms with E-state index in [1.807, 2.05) is 72.8 Å². The lowest BCUT2D eigenvalue weighted by Crippen LogP contribution is -2.52. The van der Waals surface area contributed by atoms with Crippen LogP contribution in [0.15, 0.2) is 84.9 Å². The highest BCUT2D eigenvalue weighted by Gasteiger charge is 2.27. The molecule has 0 bridgehead atoms. The molecule has 10 nitrogen and oxygen atoms in total. The quantitative estimate of drug-likeness (QED) is 0.318. The molecular formula is C32H31N5O5. The number of benzene rings is 3. The summed E-state index contributed by atoms with van der Waals surface area (Å²) in [6, 6.07) is 26.2. The van der Waals surface area contributed by atoms with Crippen LogP contribution in [0.5, 0.6) is 17.2 Å². The van der Waals surface area contributed by atoms with Gasteiger partial charge in [0.2, 0.25) is 12.7 Å². The molecule has 6 rings (SSSR count). The number of hydrogen-bond acceptors (Lipinski definition) is 8. The predicted molar refractivity (Wildman–Crippen MR) is 157 cm³/mol. The van der Waals surface area contributed by atoms with Gasteiger partial charge >= 0.3 is 0 Å². The summed E-state index contributed by atoms with van der Waals surface area (Å²) in [7, 11) is 1.64. The second-order valence-electron chi connectivity index (χ2n) is 10.1.